The van der Waals surface area contributed by atoms with E-state index in [-0.39, 0.29) is 11.0 Å². The number of sulfonamides is 1. The third-order valence-electron chi connectivity index (χ3n) is 7.41. The molecule has 3 aromatic heterocycles. The van der Waals surface area contributed by atoms with Gasteiger partial charge in [0, 0.05) is 63.8 Å². The van der Waals surface area contributed by atoms with Crippen LogP contribution in [-0.4, -0.2) is 64.9 Å². The Morgan fingerprint density at radius 1 is 1.07 bits per heavy atom. The van der Waals surface area contributed by atoms with E-state index in [2.05, 4.69) is 38.9 Å². The van der Waals surface area contributed by atoms with Crippen LogP contribution in [0.1, 0.15) is 43.7 Å². The number of aryl methyl sites for hydroxylation is 1. The van der Waals surface area contributed by atoms with Gasteiger partial charge in [-0.05, 0) is 53.8 Å². The maximum Gasteiger partial charge on any atom is 0.274 e. The van der Waals surface area contributed by atoms with Gasteiger partial charge in [0.2, 0.25) is 16.0 Å². The van der Waals surface area contributed by atoms with Crippen molar-refractivity contribution in [2.24, 2.45) is 0 Å². The zero-order valence-corrected chi connectivity index (χ0v) is 24.1. The quantitative estimate of drug-likeness (QED) is 0.290. The lowest BCUT2D eigenvalue weighted by molar-refractivity contribution is 0.170. The van der Waals surface area contributed by atoms with Crippen LogP contribution in [0.15, 0.2) is 66.1 Å². The Bertz CT molecular complexity index is 1600. The molecule has 0 spiro atoms. The van der Waals surface area contributed by atoms with Crippen molar-refractivity contribution in [2.75, 3.05) is 31.1 Å². The van der Waals surface area contributed by atoms with E-state index in [0.717, 1.165) is 66.1 Å². The third-order valence-corrected chi connectivity index (χ3v) is 10.2. The summed E-state index contributed by atoms with van der Waals surface area (Å²) in [7, 11) is -3.54. The van der Waals surface area contributed by atoms with Crippen LogP contribution >= 0.6 is 11.3 Å². The van der Waals surface area contributed by atoms with Gasteiger partial charge in [0.1, 0.15) is 11.0 Å². The molecule has 0 amide bonds. The molecule has 1 aromatic carbocycles. The Morgan fingerprint density at radius 3 is 2.60 bits per heavy atom. The van der Waals surface area contributed by atoms with Crippen LogP contribution in [0.25, 0.3) is 15.8 Å². The molecule has 2 aliphatic rings. The molecule has 1 saturated heterocycles. The molecule has 11 heteroatoms. The number of hydrogen-bond donors (Lipinski definition) is 0. The van der Waals surface area contributed by atoms with E-state index in [0.29, 0.717) is 24.7 Å². The normalized spacial score (nSPS) is 17.2. The topological polar surface area (TPSA) is 101 Å². The Morgan fingerprint density at radius 2 is 1.90 bits per heavy atom. The summed E-state index contributed by atoms with van der Waals surface area (Å²) in [6.07, 6.45) is 13.5. The van der Waals surface area contributed by atoms with Gasteiger partial charge in [-0.2, -0.15) is 4.31 Å². The number of anilines is 1. The molecule has 40 heavy (non-hydrogen) atoms. The van der Waals surface area contributed by atoms with Crippen LogP contribution in [0.3, 0.4) is 0 Å². The van der Waals surface area contributed by atoms with Gasteiger partial charge >= 0.3 is 0 Å². The lowest BCUT2D eigenvalue weighted by Gasteiger charge is -2.31. The van der Waals surface area contributed by atoms with Crippen molar-refractivity contribution in [2.45, 2.75) is 50.0 Å². The summed E-state index contributed by atoms with van der Waals surface area (Å²) in [4.78, 5) is 20.2. The number of hydrogen-bond acceptors (Lipinski definition) is 9. The predicted molar refractivity (Wildman–Crippen MR) is 157 cm³/mol. The predicted octanol–water partition coefficient (Wildman–Crippen LogP) is 4.96. The summed E-state index contributed by atoms with van der Waals surface area (Å²) in [5.74, 6) is 0.792. The lowest BCUT2D eigenvalue weighted by Crippen LogP contribution is -2.39. The average Bonchev–Trinajstić information content (AvgIpc) is 3.40. The van der Waals surface area contributed by atoms with Crippen molar-refractivity contribution in [1.29, 1.82) is 0 Å². The summed E-state index contributed by atoms with van der Waals surface area (Å²) in [6.45, 7) is 4.65. The molecular weight excluding hydrogens is 544 g/mol. The maximum atomic E-state index is 12.9. The highest BCUT2D eigenvalue weighted by atomic mass is 32.2. The number of pyridine rings is 1. The number of fused-ring (bicyclic) bond motifs is 1. The van der Waals surface area contributed by atoms with Crippen molar-refractivity contribution in [3.63, 3.8) is 0 Å². The third kappa shape index (κ3) is 5.72. The van der Waals surface area contributed by atoms with Crippen LogP contribution in [0.5, 0.6) is 5.19 Å². The molecule has 6 rings (SSSR count). The standard InChI is InChI=1S/C29H32N6O3S2/c1-2-4-21-18-31-28(32-19-21)34-13-10-24(11-14-34)38-29-33-26-7-6-23(17-27(26)39-29)22-8-15-35(16-9-22)40(36,37)25-5-3-12-30-20-25/h3,5-8,12,17-20,24H,2,4,9-11,13-16H2,1H3. The lowest BCUT2D eigenvalue weighted by atomic mass is 10.0. The largest absolute Gasteiger partial charge is 0.467 e. The molecule has 1 fully saturated rings. The van der Waals surface area contributed by atoms with Crippen LogP contribution in [0.2, 0.25) is 0 Å². The molecule has 0 saturated carbocycles. The van der Waals surface area contributed by atoms with Gasteiger partial charge in [0.25, 0.3) is 5.19 Å². The minimum atomic E-state index is -3.54. The second kappa shape index (κ2) is 11.6. The summed E-state index contributed by atoms with van der Waals surface area (Å²) < 4.78 is 34.7. The molecule has 0 bridgehead atoms. The molecule has 9 nitrogen and oxygen atoms in total. The van der Waals surface area contributed by atoms with Crippen molar-refractivity contribution in [3.8, 4) is 5.19 Å². The highest BCUT2D eigenvalue weighted by Crippen LogP contribution is 2.34. The van der Waals surface area contributed by atoms with E-state index in [4.69, 9.17) is 9.72 Å². The molecule has 208 valence electrons. The van der Waals surface area contributed by atoms with E-state index < -0.39 is 10.0 Å². The monoisotopic (exact) mass is 576 g/mol. The number of ether oxygens (including phenoxy) is 1. The van der Waals surface area contributed by atoms with Gasteiger partial charge in [-0.3, -0.25) is 4.98 Å². The molecule has 0 atom stereocenters. The fourth-order valence-corrected chi connectivity index (χ4v) is 7.44. The zero-order chi connectivity index (χ0) is 27.5. The fourth-order valence-electron chi connectivity index (χ4n) is 5.18. The van der Waals surface area contributed by atoms with Gasteiger partial charge in [-0.25, -0.2) is 23.4 Å². The Kier molecular flexibility index (Phi) is 7.77. The van der Waals surface area contributed by atoms with E-state index in [1.165, 1.54) is 16.1 Å². The number of benzene rings is 1. The summed E-state index contributed by atoms with van der Waals surface area (Å²) in [6, 6.07) is 9.45. The molecule has 2 aliphatic heterocycles. The molecular formula is C29H32N6O3S2. The van der Waals surface area contributed by atoms with Crippen molar-refractivity contribution in [3.05, 3.63) is 72.3 Å². The molecule has 4 aromatic rings. The van der Waals surface area contributed by atoms with Gasteiger partial charge in [-0.15, -0.1) is 0 Å². The van der Waals surface area contributed by atoms with Gasteiger partial charge in [-0.1, -0.05) is 36.8 Å². The molecule has 0 N–H and O–H groups in total. The smallest absolute Gasteiger partial charge is 0.274 e. The first-order valence-corrected chi connectivity index (χ1v) is 16.0. The number of thiazole rings is 1. The van der Waals surface area contributed by atoms with E-state index in [1.807, 2.05) is 24.5 Å². The van der Waals surface area contributed by atoms with Crippen molar-refractivity contribution < 1.29 is 13.2 Å². The first-order valence-electron chi connectivity index (χ1n) is 13.7. The Labute approximate surface area is 238 Å². The Balaban J connectivity index is 1.07. The van der Waals surface area contributed by atoms with E-state index >= 15 is 0 Å². The SMILES string of the molecule is CCCc1cnc(N2CCC(Oc3nc4ccc(C5=CCN(S(=O)(=O)c6cccnc6)CC5)cc4s3)CC2)nc1. The molecule has 0 aliphatic carbocycles. The number of piperidine rings is 1. The molecule has 0 radical (unpaired) electrons. The van der Waals surface area contributed by atoms with Crippen LogP contribution in [0, 0.1) is 0 Å². The number of rotatable bonds is 8. The second-order valence-electron chi connectivity index (χ2n) is 10.1. The average molecular weight is 577 g/mol. The number of aromatic nitrogens is 4. The summed E-state index contributed by atoms with van der Waals surface area (Å²) in [5.41, 5.74) is 4.34. The van der Waals surface area contributed by atoms with Crippen LogP contribution < -0.4 is 9.64 Å². The number of nitrogens with zero attached hydrogens (tertiary/aromatic N) is 6. The minimum absolute atomic E-state index is 0.115. The van der Waals surface area contributed by atoms with Gasteiger partial charge in [0.05, 0.1) is 10.2 Å². The zero-order valence-electron chi connectivity index (χ0n) is 22.4. The van der Waals surface area contributed by atoms with Crippen molar-refractivity contribution >= 4 is 43.1 Å². The summed E-state index contributed by atoms with van der Waals surface area (Å²) >= 11 is 1.56. The fraction of sp³-hybridized carbons (Fsp3) is 0.379. The second-order valence-corrected chi connectivity index (χ2v) is 13.1. The molecule has 5 heterocycles. The Hall–Kier alpha value is -3.41. The van der Waals surface area contributed by atoms with Crippen LogP contribution in [-0.2, 0) is 16.4 Å². The highest BCUT2D eigenvalue weighted by Gasteiger charge is 2.27. The van der Waals surface area contributed by atoms with Gasteiger partial charge < -0.3 is 9.64 Å². The van der Waals surface area contributed by atoms with Crippen molar-refractivity contribution in [1.82, 2.24) is 24.2 Å². The first kappa shape index (κ1) is 26.8. The highest BCUT2D eigenvalue weighted by molar-refractivity contribution is 7.89. The van der Waals surface area contributed by atoms with E-state index in [1.54, 1.807) is 29.7 Å². The minimum Gasteiger partial charge on any atom is -0.467 e. The summed E-state index contributed by atoms with van der Waals surface area (Å²) in [5, 5.41) is 0.692. The first-order chi connectivity index (χ1) is 19.5. The van der Waals surface area contributed by atoms with Gasteiger partial charge in [0.15, 0.2) is 0 Å². The molecule has 0 unspecified atom stereocenters. The van der Waals surface area contributed by atoms with Crippen LogP contribution in [0.4, 0.5) is 5.95 Å². The maximum absolute atomic E-state index is 12.9. The van der Waals surface area contributed by atoms with E-state index in [9.17, 15) is 8.42 Å².